The summed E-state index contributed by atoms with van der Waals surface area (Å²) in [6, 6.07) is 84.2. The quantitative estimate of drug-likeness (QED) is 0.153. The molecule has 0 unspecified atom stereocenters. The Morgan fingerprint density at radius 2 is 0.714 bits per heavy atom. The maximum absolute atomic E-state index is 6.47. The summed E-state index contributed by atoms with van der Waals surface area (Å²) in [6.07, 6.45) is 0. The van der Waals surface area contributed by atoms with E-state index in [4.69, 9.17) is 8.83 Å². The molecular weight excluding hydrogens is 767 g/mol. The second-order valence-corrected chi connectivity index (χ2v) is 16.0. The van der Waals surface area contributed by atoms with Crippen LogP contribution in [-0.4, -0.2) is 0 Å². The van der Waals surface area contributed by atoms with Gasteiger partial charge in [0.05, 0.1) is 5.69 Å². The SMILES string of the molecule is c1ccc(-c2ccccc2-c2ccccc2-c2ccccc2N(c2ccc(-c3ccc4c(c3)oc3ccccc34)cc2)c2ccc(-c3cccc4c3oc3ccccc34)cc2)cc1. The van der Waals surface area contributed by atoms with E-state index in [1.807, 2.05) is 24.3 Å². The lowest BCUT2D eigenvalue weighted by molar-refractivity contribution is 0.669. The number of benzene rings is 10. The standard InChI is InChI=1S/C60H39NO2/c1-2-15-41(16-3-1)46-17-4-5-18-48(46)49-19-6-7-20-50(49)51-21-8-11-26-56(51)61(44-34-29-40(30-35-44)43-33-38-54-52-22-9-12-27-57(52)62-59(54)39-43)45-36-31-42(32-37-45)47-24-14-25-55-53-23-10-13-28-58(53)63-60(47)55/h1-39H. The molecule has 0 atom stereocenters. The number of hydrogen-bond acceptors (Lipinski definition) is 3. The second-order valence-electron chi connectivity index (χ2n) is 16.0. The summed E-state index contributed by atoms with van der Waals surface area (Å²) in [6.45, 7) is 0. The average Bonchev–Trinajstić information content (AvgIpc) is 3.93. The molecule has 0 aliphatic heterocycles. The highest BCUT2D eigenvalue weighted by Crippen LogP contribution is 2.46. The molecule has 12 aromatic rings. The van der Waals surface area contributed by atoms with E-state index in [2.05, 4.69) is 217 Å². The predicted molar refractivity (Wildman–Crippen MR) is 263 cm³/mol. The molecule has 0 aliphatic carbocycles. The minimum absolute atomic E-state index is 0.888. The molecule has 0 fully saturated rings. The van der Waals surface area contributed by atoms with E-state index in [9.17, 15) is 0 Å². The van der Waals surface area contributed by atoms with Gasteiger partial charge in [-0.15, -0.1) is 0 Å². The Kier molecular flexibility index (Phi) is 8.83. The van der Waals surface area contributed by atoms with Crippen molar-refractivity contribution in [2.45, 2.75) is 0 Å². The van der Waals surface area contributed by atoms with Crippen molar-refractivity contribution >= 4 is 60.9 Å². The Morgan fingerprint density at radius 1 is 0.254 bits per heavy atom. The van der Waals surface area contributed by atoms with E-state index in [1.165, 1.54) is 22.3 Å². The second kappa shape index (κ2) is 15.3. The zero-order valence-corrected chi connectivity index (χ0v) is 34.3. The Morgan fingerprint density at radius 3 is 1.43 bits per heavy atom. The van der Waals surface area contributed by atoms with Crippen LogP contribution in [0.2, 0.25) is 0 Å². The Bertz CT molecular complexity index is 3620. The van der Waals surface area contributed by atoms with Gasteiger partial charge in [-0.2, -0.15) is 0 Å². The van der Waals surface area contributed by atoms with Crippen molar-refractivity contribution in [1.82, 2.24) is 0 Å². The molecule has 0 bridgehead atoms. The van der Waals surface area contributed by atoms with Gasteiger partial charge in [-0.3, -0.25) is 0 Å². The van der Waals surface area contributed by atoms with E-state index in [-0.39, 0.29) is 0 Å². The molecule has 0 amide bonds. The fourth-order valence-electron chi connectivity index (χ4n) is 9.34. The third kappa shape index (κ3) is 6.38. The summed E-state index contributed by atoms with van der Waals surface area (Å²) < 4.78 is 12.8. The van der Waals surface area contributed by atoms with Crippen LogP contribution in [0.4, 0.5) is 17.1 Å². The Hall–Kier alpha value is -8.40. The Balaban J connectivity index is 0.997. The number of para-hydroxylation sites is 4. The van der Waals surface area contributed by atoms with Crippen LogP contribution in [0.15, 0.2) is 245 Å². The van der Waals surface area contributed by atoms with Gasteiger partial charge in [0, 0.05) is 44.0 Å². The summed E-state index contributed by atoms with van der Waals surface area (Å²) in [7, 11) is 0. The lowest BCUT2D eigenvalue weighted by atomic mass is 9.88. The van der Waals surface area contributed by atoms with Crippen molar-refractivity contribution in [1.29, 1.82) is 0 Å². The molecule has 0 N–H and O–H groups in total. The minimum Gasteiger partial charge on any atom is -0.456 e. The summed E-state index contributed by atoms with van der Waals surface area (Å²) >= 11 is 0. The fraction of sp³-hybridized carbons (Fsp3) is 0. The molecule has 10 aromatic carbocycles. The first-order valence-corrected chi connectivity index (χ1v) is 21.4. The van der Waals surface area contributed by atoms with Crippen molar-refractivity contribution < 1.29 is 8.83 Å². The molecule has 296 valence electrons. The largest absolute Gasteiger partial charge is 0.456 e. The van der Waals surface area contributed by atoms with Crippen LogP contribution in [0, 0.1) is 0 Å². The lowest BCUT2D eigenvalue weighted by Crippen LogP contribution is -2.11. The topological polar surface area (TPSA) is 29.5 Å². The summed E-state index contributed by atoms with van der Waals surface area (Å²) in [5.74, 6) is 0. The van der Waals surface area contributed by atoms with Gasteiger partial charge in [-0.05, 0) is 99.1 Å². The van der Waals surface area contributed by atoms with E-state index in [1.54, 1.807) is 0 Å². The van der Waals surface area contributed by atoms with Crippen LogP contribution in [0.1, 0.15) is 0 Å². The van der Waals surface area contributed by atoms with Crippen molar-refractivity contribution in [2.24, 2.45) is 0 Å². The van der Waals surface area contributed by atoms with Crippen molar-refractivity contribution in [3.05, 3.63) is 237 Å². The molecule has 63 heavy (non-hydrogen) atoms. The van der Waals surface area contributed by atoms with Gasteiger partial charge < -0.3 is 13.7 Å². The fourth-order valence-corrected chi connectivity index (χ4v) is 9.34. The molecule has 0 saturated heterocycles. The van der Waals surface area contributed by atoms with Crippen LogP contribution in [0.5, 0.6) is 0 Å². The number of fused-ring (bicyclic) bond motifs is 6. The van der Waals surface area contributed by atoms with Crippen LogP contribution in [0.25, 0.3) is 99.5 Å². The van der Waals surface area contributed by atoms with E-state index >= 15 is 0 Å². The van der Waals surface area contributed by atoms with Crippen molar-refractivity contribution in [3.8, 4) is 55.6 Å². The highest BCUT2D eigenvalue weighted by Gasteiger charge is 2.21. The van der Waals surface area contributed by atoms with Gasteiger partial charge in [0.1, 0.15) is 22.3 Å². The molecule has 0 saturated carbocycles. The van der Waals surface area contributed by atoms with Gasteiger partial charge in [-0.25, -0.2) is 0 Å². The predicted octanol–water partition coefficient (Wildman–Crippen LogP) is 17.3. The van der Waals surface area contributed by atoms with Crippen LogP contribution in [-0.2, 0) is 0 Å². The van der Waals surface area contributed by atoms with Gasteiger partial charge in [0.15, 0.2) is 0 Å². The summed E-state index contributed by atoms with van der Waals surface area (Å²) in [4.78, 5) is 2.38. The lowest BCUT2D eigenvalue weighted by Gasteiger charge is -2.29. The highest BCUT2D eigenvalue weighted by molar-refractivity contribution is 6.10. The third-order valence-electron chi connectivity index (χ3n) is 12.3. The number of rotatable bonds is 8. The number of furan rings is 2. The maximum Gasteiger partial charge on any atom is 0.143 e. The van der Waals surface area contributed by atoms with E-state index in [0.29, 0.717) is 0 Å². The number of nitrogens with zero attached hydrogens (tertiary/aromatic N) is 1. The molecule has 0 spiro atoms. The first-order valence-electron chi connectivity index (χ1n) is 21.4. The third-order valence-corrected chi connectivity index (χ3v) is 12.3. The van der Waals surface area contributed by atoms with Crippen molar-refractivity contribution in [3.63, 3.8) is 0 Å². The van der Waals surface area contributed by atoms with Crippen LogP contribution in [0.3, 0.4) is 0 Å². The zero-order chi connectivity index (χ0) is 41.7. The van der Waals surface area contributed by atoms with E-state index in [0.717, 1.165) is 94.3 Å². The van der Waals surface area contributed by atoms with Crippen LogP contribution < -0.4 is 4.90 Å². The normalized spacial score (nSPS) is 11.5. The average molecular weight is 806 g/mol. The first kappa shape index (κ1) is 36.5. The molecule has 3 nitrogen and oxygen atoms in total. The summed E-state index contributed by atoms with van der Waals surface area (Å²) in [5.41, 5.74) is 18.2. The van der Waals surface area contributed by atoms with Gasteiger partial charge >= 0.3 is 0 Å². The number of hydrogen-bond donors (Lipinski definition) is 0. The maximum atomic E-state index is 6.47. The molecule has 0 radical (unpaired) electrons. The smallest absolute Gasteiger partial charge is 0.143 e. The van der Waals surface area contributed by atoms with Crippen LogP contribution >= 0.6 is 0 Å². The molecule has 2 aromatic heterocycles. The molecule has 2 heterocycles. The molecule has 3 heteroatoms. The Labute approximate surface area is 365 Å². The highest BCUT2D eigenvalue weighted by atomic mass is 16.3. The zero-order valence-electron chi connectivity index (χ0n) is 34.3. The summed E-state index contributed by atoms with van der Waals surface area (Å²) in [5, 5.41) is 4.51. The molecule has 12 rings (SSSR count). The van der Waals surface area contributed by atoms with E-state index < -0.39 is 0 Å². The van der Waals surface area contributed by atoms with Gasteiger partial charge in [0.25, 0.3) is 0 Å². The van der Waals surface area contributed by atoms with Crippen molar-refractivity contribution in [2.75, 3.05) is 4.90 Å². The molecular formula is C60H39NO2. The molecule has 0 aliphatic rings. The number of anilines is 3. The van der Waals surface area contributed by atoms with Gasteiger partial charge in [-0.1, -0.05) is 182 Å². The minimum atomic E-state index is 0.888. The monoisotopic (exact) mass is 805 g/mol. The first-order chi connectivity index (χ1) is 31.2. The van der Waals surface area contributed by atoms with Gasteiger partial charge in [0.2, 0.25) is 0 Å².